The van der Waals surface area contributed by atoms with Gasteiger partial charge in [0, 0.05) is 12.5 Å². The molecule has 0 N–H and O–H groups in total. The van der Waals surface area contributed by atoms with E-state index in [-0.39, 0.29) is 12.5 Å². The maximum absolute atomic E-state index is 12.5. The second-order valence-electron chi connectivity index (χ2n) is 7.35. The molecule has 1 rings (SSSR count). The van der Waals surface area contributed by atoms with Crippen molar-refractivity contribution in [1.29, 1.82) is 5.26 Å². The third-order valence-electron chi connectivity index (χ3n) is 3.23. The number of nitriles is 1. The third-order valence-corrected chi connectivity index (χ3v) is 3.23. The Kier molecular flexibility index (Phi) is 3.90. The zero-order chi connectivity index (χ0) is 15.9. The number of ether oxygens (including phenoxy) is 1. The SMILES string of the molecule is CN1C(=O)C[N+](C#N)(C(=O)OC(C)(C)C)C1C(C)(C)C. The molecule has 20 heavy (non-hydrogen) atoms. The van der Waals surface area contributed by atoms with Gasteiger partial charge in [0.25, 0.3) is 5.91 Å². The molecule has 2 amide bonds. The predicted molar refractivity (Wildman–Crippen MR) is 73.0 cm³/mol. The summed E-state index contributed by atoms with van der Waals surface area (Å²) in [7, 11) is 1.62. The van der Waals surface area contributed by atoms with Gasteiger partial charge in [-0.05, 0) is 20.8 Å². The fourth-order valence-electron chi connectivity index (χ4n) is 2.72. The van der Waals surface area contributed by atoms with Gasteiger partial charge in [-0.2, -0.15) is 4.79 Å². The van der Waals surface area contributed by atoms with Crippen molar-refractivity contribution in [2.75, 3.05) is 13.6 Å². The second kappa shape index (κ2) is 4.74. The Labute approximate surface area is 120 Å². The Morgan fingerprint density at radius 1 is 1.35 bits per heavy atom. The van der Waals surface area contributed by atoms with Crippen molar-refractivity contribution in [3.05, 3.63) is 0 Å². The van der Waals surface area contributed by atoms with Crippen molar-refractivity contribution >= 4 is 12.0 Å². The quantitative estimate of drug-likeness (QED) is 0.503. The summed E-state index contributed by atoms with van der Waals surface area (Å²) in [5.74, 6) is -0.225. The van der Waals surface area contributed by atoms with Crippen molar-refractivity contribution in [1.82, 2.24) is 4.90 Å². The molecule has 0 radical (unpaired) electrons. The summed E-state index contributed by atoms with van der Waals surface area (Å²) in [5, 5.41) is 9.60. The first kappa shape index (κ1) is 16.4. The Hall–Kier alpha value is -1.61. The van der Waals surface area contributed by atoms with Crippen LogP contribution in [0, 0.1) is 16.9 Å². The number of hydrogen-bond acceptors (Lipinski definition) is 4. The minimum atomic E-state index is -0.703. The summed E-state index contributed by atoms with van der Waals surface area (Å²) in [6.45, 7) is 10.8. The first-order chi connectivity index (χ1) is 8.85. The van der Waals surface area contributed by atoms with Crippen LogP contribution < -0.4 is 0 Å². The number of nitrogens with zero attached hydrogens (tertiary/aromatic N) is 3. The van der Waals surface area contributed by atoms with Gasteiger partial charge in [-0.25, -0.2) is 0 Å². The van der Waals surface area contributed by atoms with E-state index in [0.717, 1.165) is 0 Å². The molecule has 0 spiro atoms. The van der Waals surface area contributed by atoms with Crippen LogP contribution in [0.4, 0.5) is 4.79 Å². The van der Waals surface area contributed by atoms with Crippen molar-refractivity contribution in [3.8, 4) is 6.19 Å². The molecule has 1 saturated heterocycles. The molecule has 0 aliphatic carbocycles. The predicted octanol–water partition coefficient (Wildman–Crippen LogP) is 2.06. The van der Waals surface area contributed by atoms with E-state index in [1.807, 2.05) is 27.0 Å². The lowest BCUT2D eigenvalue weighted by Crippen LogP contribution is -2.61. The topological polar surface area (TPSA) is 70.4 Å². The number of likely N-dealkylation sites (N-methyl/N-ethyl adjacent to an activating group) is 1. The normalized spacial score (nSPS) is 27.4. The highest BCUT2D eigenvalue weighted by atomic mass is 16.6. The van der Waals surface area contributed by atoms with E-state index in [0.29, 0.717) is 0 Å². The molecule has 0 bridgehead atoms. The van der Waals surface area contributed by atoms with Crippen LogP contribution in [0.1, 0.15) is 41.5 Å². The minimum Gasteiger partial charge on any atom is -0.413 e. The summed E-state index contributed by atoms with van der Waals surface area (Å²) in [6, 6.07) is 0. The zero-order valence-electron chi connectivity index (χ0n) is 13.4. The fraction of sp³-hybridized carbons (Fsp3) is 0.786. The van der Waals surface area contributed by atoms with Gasteiger partial charge < -0.3 is 4.74 Å². The Bertz CT molecular complexity index is 468. The minimum absolute atomic E-state index is 0.177. The largest absolute Gasteiger partial charge is 0.533 e. The summed E-state index contributed by atoms with van der Waals surface area (Å²) >= 11 is 0. The maximum atomic E-state index is 12.5. The van der Waals surface area contributed by atoms with Gasteiger partial charge >= 0.3 is 12.3 Å². The number of carbonyl (C=O) groups is 2. The smallest absolute Gasteiger partial charge is 0.413 e. The molecule has 0 aromatic heterocycles. The van der Waals surface area contributed by atoms with Crippen molar-refractivity contribution in [2.24, 2.45) is 5.41 Å². The molecular weight excluding hydrogens is 258 g/mol. The van der Waals surface area contributed by atoms with E-state index < -0.39 is 27.8 Å². The van der Waals surface area contributed by atoms with Gasteiger partial charge in [0.05, 0.1) is 0 Å². The molecule has 1 fully saturated rings. The van der Waals surface area contributed by atoms with Gasteiger partial charge in [-0.3, -0.25) is 9.69 Å². The molecule has 1 aliphatic heterocycles. The van der Waals surface area contributed by atoms with E-state index in [9.17, 15) is 14.9 Å². The second-order valence-corrected chi connectivity index (χ2v) is 7.35. The molecule has 112 valence electrons. The molecule has 2 atom stereocenters. The highest BCUT2D eigenvalue weighted by Gasteiger charge is 2.62. The van der Waals surface area contributed by atoms with Gasteiger partial charge in [0.1, 0.15) is 5.60 Å². The first-order valence-corrected chi connectivity index (χ1v) is 6.63. The standard InChI is InChI=1S/C14H24N3O3/c1-13(2,3)11-16(7)10(18)8-17(11,9-15)12(19)20-14(4,5)6/h11H,8H2,1-7H3/q+1. The molecule has 2 unspecified atom stereocenters. The van der Waals surface area contributed by atoms with Crippen LogP contribution in [0.25, 0.3) is 0 Å². The Morgan fingerprint density at radius 2 is 1.85 bits per heavy atom. The van der Waals surface area contributed by atoms with Crippen LogP contribution in [0.2, 0.25) is 0 Å². The van der Waals surface area contributed by atoms with Gasteiger partial charge in [0.2, 0.25) is 0 Å². The molecular formula is C14H24N3O3+. The van der Waals surface area contributed by atoms with Crippen LogP contribution in [0.15, 0.2) is 0 Å². The zero-order valence-corrected chi connectivity index (χ0v) is 13.4. The lowest BCUT2D eigenvalue weighted by Gasteiger charge is -2.38. The van der Waals surface area contributed by atoms with Crippen molar-refractivity contribution in [2.45, 2.75) is 53.3 Å². The van der Waals surface area contributed by atoms with E-state index >= 15 is 0 Å². The van der Waals surface area contributed by atoms with Gasteiger partial charge in [0.15, 0.2) is 12.7 Å². The molecule has 6 nitrogen and oxygen atoms in total. The Morgan fingerprint density at radius 3 is 2.20 bits per heavy atom. The van der Waals surface area contributed by atoms with Gasteiger partial charge in [-0.15, -0.1) is 5.26 Å². The van der Waals surface area contributed by atoms with Crippen LogP contribution in [-0.4, -0.2) is 46.7 Å². The number of rotatable bonds is 0. The third kappa shape index (κ3) is 2.78. The maximum Gasteiger partial charge on any atom is 0.533 e. The lowest BCUT2D eigenvalue weighted by atomic mass is 9.90. The van der Waals surface area contributed by atoms with Crippen LogP contribution >= 0.6 is 0 Å². The van der Waals surface area contributed by atoms with Crippen LogP contribution in [-0.2, 0) is 9.53 Å². The highest BCUT2D eigenvalue weighted by Crippen LogP contribution is 2.37. The van der Waals surface area contributed by atoms with Crippen LogP contribution in [0.5, 0.6) is 0 Å². The van der Waals surface area contributed by atoms with E-state index in [1.165, 1.54) is 4.90 Å². The molecule has 1 aliphatic rings. The molecule has 1 heterocycles. The summed E-state index contributed by atoms with van der Waals surface area (Å²) in [4.78, 5) is 26.0. The lowest BCUT2D eigenvalue weighted by molar-refractivity contribution is -0.820. The van der Waals surface area contributed by atoms with Crippen molar-refractivity contribution < 1.29 is 18.8 Å². The average molecular weight is 282 g/mol. The summed E-state index contributed by atoms with van der Waals surface area (Å²) in [6.07, 6.45) is 0.789. The molecule has 0 aromatic carbocycles. The summed E-state index contributed by atoms with van der Waals surface area (Å²) in [5.41, 5.74) is -1.13. The molecule has 0 aromatic rings. The van der Waals surface area contributed by atoms with E-state index in [4.69, 9.17) is 4.74 Å². The molecule has 6 heteroatoms. The molecule has 0 saturated carbocycles. The van der Waals surface area contributed by atoms with E-state index in [1.54, 1.807) is 27.8 Å². The number of amides is 2. The Balaban J connectivity index is 3.30. The van der Waals surface area contributed by atoms with Crippen molar-refractivity contribution in [3.63, 3.8) is 0 Å². The number of hydrogen-bond donors (Lipinski definition) is 0. The average Bonchev–Trinajstić information content (AvgIpc) is 2.49. The first-order valence-electron chi connectivity index (χ1n) is 6.63. The summed E-state index contributed by atoms with van der Waals surface area (Å²) < 4.78 is 4.73. The van der Waals surface area contributed by atoms with E-state index in [2.05, 4.69) is 0 Å². The fourth-order valence-corrected chi connectivity index (χ4v) is 2.72. The van der Waals surface area contributed by atoms with Gasteiger partial charge in [-0.1, -0.05) is 25.3 Å². The number of quaternary nitrogens is 1. The van der Waals surface area contributed by atoms with Crippen LogP contribution in [0.3, 0.4) is 0 Å². The highest BCUT2D eigenvalue weighted by molar-refractivity contribution is 5.82. The number of carbonyl (C=O) groups excluding carboxylic acids is 2. The monoisotopic (exact) mass is 282 g/mol.